The molecule has 7 heteroatoms. The van der Waals surface area contributed by atoms with Crippen molar-refractivity contribution in [2.24, 2.45) is 0 Å². The van der Waals surface area contributed by atoms with Crippen LogP contribution in [0.3, 0.4) is 0 Å². The average Bonchev–Trinajstić information content (AvgIpc) is 3.19. The van der Waals surface area contributed by atoms with Gasteiger partial charge < -0.3 is 9.30 Å². The van der Waals surface area contributed by atoms with Gasteiger partial charge in [-0.1, -0.05) is 11.6 Å². The number of ether oxygens (including phenoxy) is 1. The molecule has 0 spiro atoms. The Balaban J connectivity index is 1.95. The van der Waals surface area contributed by atoms with Crippen molar-refractivity contribution in [2.45, 2.75) is 6.92 Å². The van der Waals surface area contributed by atoms with Crippen LogP contribution >= 0.6 is 22.9 Å². The average molecular weight is 348 g/mol. The van der Waals surface area contributed by atoms with Crippen LogP contribution in [-0.4, -0.2) is 22.6 Å². The van der Waals surface area contributed by atoms with E-state index in [2.05, 4.69) is 10.3 Å². The predicted octanol–water partition coefficient (Wildman–Crippen LogP) is 4.16. The number of halogens is 1. The van der Waals surface area contributed by atoms with Crippen molar-refractivity contribution in [1.29, 1.82) is 0 Å². The number of anilines is 1. The normalized spacial score (nSPS) is 10.6. The van der Waals surface area contributed by atoms with Crippen molar-refractivity contribution in [1.82, 2.24) is 9.55 Å². The number of nitrogens with zero attached hydrogens (tertiary/aromatic N) is 2. The highest BCUT2D eigenvalue weighted by Gasteiger charge is 2.17. The van der Waals surface area contributed by atoms with Gasteiger partial charge in [0.05, 0.1) is 29.1 Å². The molecule has 118 valence electrons. The van der Waals surface area contributed by atoms with Gasteiger partial charge in [-0.3, -0.25) is 10.1 Å². The largest absolute Gasteiger partial charge is 0.496 e. The topological polar surface area (TPSA) is 56.1 Å². The van der Waals surface area contributed by atoms with E-state index in [9.17, 15) is 4.79 Å². The number of rotatable bonds is 4. The highest BCUT2D eigenvalue weighted by molar-refractivity contribution is 7.13. The highest BCUT2D eigenvalue weighted by atomic mass is 35.5. The lowest BCUT2D eigenvalue weighted by Crippen LogP contribution is -2.13. The van der Waals surface area contributed by atoms with Crippen molar-refractivity contribution in [3.05, 3.63) is 58.3 Å². The molecule has 0 unspecified atom stereocenters. The number of aryl methyl sites for hydroxylation is 1. The van der Waals surface area contributed by atoms with Gasteiger partial charge >= 0.3 is 0 Å². The zero-order chi connectivity index (χ0) is 16.4. The van der Waals surface area contributed by atoms with Crippen LogP contribution in [0.15, 0.2) is 42.0 Å². The minimum Gasteiger partial charge on any atom is -0.496 e. The SMILES string of the molecule is COc1cc(-n2cccc2)c(Cl)cc1C(=O)Nc1nc(C)cs1. The molecule has 0 fully saturated rings. The van der Waals surface area contributed by atoms with Crippen LogP contribution in [0.2, 0.25) is 5.02 Å². The Hall–Kier alpha value is -2.31. The molecule has 3 aromatic rings. The second-order valence-electron chi connectivity index (χ2n) is 4.84. The van der Waals surface area contributed by atoms with Crippen LogP contribution in [0, 0.1) is 6.92 Å². The highest BCUT2D eigenvalue weighted by Crippen LogP contribution is 2.30. The molecule has 5 nitrogen and oxygen atoms in total. The van der Waals surface area contributed by atoms with E-state index in [-0.39, 0.29) is 5.91 Å². The van der Waals surface area contributed by atoms with Crippen molar-refractivity contribution in [3.63, 3.8) is 0 Å². The quantitative estimate of drug-likeness (QED) is 0.771. The van der Waals surface area contributed by atoms with Crippen LogP contribution in [0.25, 0.3) is 5.69 Å². The first-order valence-electron chi connectivity index (χ1n) is 6.83. The number of carbonyl (C=O) groups is 1. The lowest BCUT2D eigenvalue weighted by Gasteiger charge is -2.13. The summed E-state index contributed by atoms with van der Waals surface area (Å²) < 4.78 is 7.21. The van der Waals surface area contributed by atoms with Gasteiger partial charge in [-0.2, -0.15) is 0 Å². The summed E-state index contributed by atoms with van der Waals surface area (Å²) >= 11 is 7.70. The molecule has 0 radical (unpaired) electrons. The number of hydrogen-bond donors (Lipinski definition) is 1. The fourth-order valence-electron chi connectivity index (χ4n) is 2.16. The Morgan fingerprint density at radius 2 is 2.09 bits per heavy atom. The molecular weight excluding hydrogens is 334 g/mol. The van der Waals surface area contributed by atoms with E-state index in [0.717, 1.165) is 11.4 Å². The number of amides is 1. The van der Waals surface area contributed by atoms with E-state index in [4.69, 9.17) is 16.3 Å². The maximum absolute atomic E-state index is 12.5. The summed E-state index contributed by atoms with van der Waals surface area (Å²) in [4.78, 5) is 16.7. The predicted molar refractivity (Wildman–Crippen MR) is 92.1 cm³/mol. The van der Waals surface area contributed by atoms with Crippen LogP contribution in [0.5, 0.6) is 5.75 Å². The molecule has 0 atom stereocenters. The molecule has 2 aromatic heterocycles. The summed E-state index contributed by atoms with van der Waals surface area (Å²) in [6.07, 6.45) is 3.75. The molecule has 0 aliphatic heterocycles. The molecule has 0 saturated carbocycles. The molecule has 1 aromatic carbocycles. The van der Waals surface area contributed by atoms with Gasteiger partial charge in [-0.15, -0.1) is 11.3 Å². The summed E-state index contributed by atoms with van der Waals surface area (Å²) in [5.74, 6) is 0.140. The Morgan fingerprint density at radius 1 is 1.35 bits per heavy atom. The monoisotopic (exact) mass is 347 g/mol. The van der Waals surface area contributed by atoms with Crippen LogP contribution in [-0.2, 0) is 0 Å². The summed E-state index contributed by atoms with van der Waals surface area (Å²) in [6.45, 7) is 1.87. The van der Waals surface area contributed by atoms with Crippen molar-refractivity contribution >= 4 is 34.0 Å². The number of methoxy groups -OCH3 is 1. The van der Waals surface area contributed by atoms with Crippen molar-refractivity contribution < 1.29 is 9.53 Å². The molecule has 3 rings (SSSR count). The molecule has 2 heterocycles. The van der Waals surface area contributed by atoms with Gasteiger partial charge in [0.15, 0.2) is 5.13 Å². The van der Waals surface area contributed by atoms with Gasteiger partial charge in [0, 0.05) is 23.8 Å². The smallest absolute Gasteiger partial charge is 0.261 e. The van der Waals surface area contributed by atoms with Crippen LogP contribution < -0.4 is 10.1 Å². The second kappa shape index (κ2) is 6.44. The first-order chi connectivity index (χ1) is 11.1. The summed E-state index contributed by atoms with van der Waals surface area (Å²) in [6, 6.07) is 7.14. The first-order valence-corrected chi connectivity index (χ1v) is 8.08. The second-order valence-corrected chi connectivity index (χ2v) is 6.11. The molecule has 1 N–H and O–H groups in total. The third-order valence-corrected chi connectivity index (χ3v) is 4.41. The number of hydrogen-bond acceptors (Lipinski definition) is 4. The fraction of sp³-hybridized carbons (Fsp3) is 0.125. The molecule has 23 heavy (non-hydrogen) atoms. The third-order valence-electron chi connectivity index (χ3n) is 3.24. The number of nitrogens with one attached hydrogen (secondary N) is 1. The first kappa shape index (κ1) is 15.6. The van der Waals surface area contributed by atoms with Crippen molar-refractivity contribution in [3.8, 4) is 11.4 Å². The van der Waals surface area contributed by atoms with Gasteiger partial charge in [0.2, 0.25) is 0 Å². The Bertz CT molecular complexity index is 843. The van der Waals surface area contributed by atoms with E-state index in [1.807, 2.05) is 41.4 Å². The van der Waals surface area contributed by atoms with Gasteiger partial charge in [-0.25, -0.2) is 4.98 Å². The van der Waals surface area contributed by atoms with E-state index >= 15 is 0 Å². The minimum atomic E-state index is -0.308. The maximum atomic E-state index is 12.5. The third kappa shape index (κ3) is 3.23. The van der Waals surface area contributed by atoms with Gasteiger partial charge in [-0.05, 0) is 25.1 Å². The number of thiazole rings is 1. The Kier molecular flexibility index (Phi) is 4.36. The summed E-state index contributed by atoms with van der Waals surface area (Å²) in [5, 5.41) is 5.63. The van der Waals surface area contributed by atoms with Crippen LogP contribution in [0.4, 0.5) is 5.13 Å². The van der Waals surface area contributed by atoms with E-state index in [1.165, 1.54) is 18.4 Å². The Labute approximate surface area is 142 Å². The van der Waals surface area contributed by atoms with E-state index in [0.29, 0.717) is 21.5 Å². The lowest BCUT2D eigenvalue weighted by molar-refractivity contribution is 0.102. The molecule has 0 aliphatic rings. The maximum Gasteiger partial charge on any atom is 0.261 e. The molecule has 0 aliphatic carbocycles. The molecule has 0 bridgehead atoms. The number of benzene rings is 1. The van der Waals surface area contributed by atoms with Crippen LogP contribution in [0.1, 0.15) is 16.1 Å². The van der Waals surface area contributed by atoms with E-state index in [1.54, 1.807) is 12.1 Å². The summed E-state index contributed by atoms with van der Waals surface area (Å²) in [5.41, 5.74) is 1.97. The minimum absolute atomic E-state index is 0.308. The van der Waals surface area contributed by atoms with Crippen molar-refractivity contribution in [2.75, 3.05) is 12.4 Å². The zero-order valence-electron chi connectivity index (χ0n) is 12.5. The fourth-order valence-corrected chi connectivity index (χ4v) is 3.10. The standard InChI is InChI=1S/C16H14ClN3O2S/c1-10-9-23-16(18-10)19-15(21)11-7-12(17)13(8-14(11)22-2)20-5-3-4-6-20/h3-9H,1-2H3,(H,18,19,21). The van der Waals surface area contributed by atoms with Gasteiger partial charge in [0.25, 0.3) is 5.91 Å². The van der Waals surface area contributed by atoms with Gasteiger partial charge in [0.1, 0.15) is 5.75 Å². The summed E-state index contributed by atoms with van der Waals surface area (Å²) in [7, 11) is 1.52. The molecule has 1 amide bonds. The number of carbonyl (C=O) groups excluding carboxylic acids is 1. The Morgan fingerprint density at radius 3 is 2.70 bits per heavy atom. The molecular formula is C16H14ClN3O2S. The number of aromatic nitrogens is 2. The van der Waals surface area contributed by atoms with E-state index < -0.39 is 0 Å². The lowest BCUT2D eigenvalue weighted by atomic mass is 10.1. The molecule has 0 saturated heterocycles. The zero-order valence-corrected chi connectivity index (χ0v) is 14.1.